The maximum atomic E-state index is 10.7. The van der Waals surface area contributed by atoms with Gasteiger partial charge in [0.15, 0.2) is 6.61 Å². The highest BCUT2D eigenvalue weighted by Gasteiger charge is 2.07. The van der Waals surface area contributed by atoms with Gasteiger partial charge in [-0.25, -0.2) is 4.79 Å². The van der Waals surface area contributed by atoms with Gasteiger partial charge in [0.2, 0.25) is 0 Å². The number of rotatable bonds is 10. The van der Waals surface area contributed by atoms with Crippen molar-refractivity contribution < 1.29 is 19.4 Å². The minimum atomic E-state index is -1.00. The van der Waals surface area contributed by atoms with E-state index in [0.29, 0.717) is 18.1 Å². The van der Waals surface area contributed by atoms with Crippen LogP contribution in [0.25, 0.3) is 5.57 Å². The Balaban J connectivity index is 1.76. The molecule has 0 atom stereocenters. The van der Waals surface area contributed by atoms with Gasteiger partial charge in [0.25, 0.3) is 0 Å². The SMILES string of the molecule is Cc1cc(OC/C=C(\c2ccccc2)c2ccc(CN(C)C)cc2)ccc1OCC(=O)O. The van der Waals surface area contributed by atoms with Crippen LogP contribution in [0.2, 0.25) is 0 Å². The normalized spacial score (nSPS) is 11.4. The van der Waals surface area contributed by atoms with E-state index in [9.17, 15) is 4.79 Å². The second-order valence-electron chi connectivity index (χ2n) is 7.84. The van der Waals surface area contributed by atoms with Gasteiger partial charge in [-0.3, -0.25) is 0 Å². The summed E-state index contributed by atoms with van der Waals surface area (Å²) < 4.78 is 11.2. The first-order valence-electron chi connectivity index (χ1n) is 10.5. The summed E-state index contributed by atoms with van der Waals surface area (Å²) in [6.45, 7) is 2.81. The van der Waals surface area contributed by atoms with Crippen molar-refractivity contribution in [2.75, 3.05) is 27.3 Å². The van der Waals surface area contributed by atoms with E-state index in [1.165, 1.54) is 5.56 Å². The summed E-state index contributed by atoms with van der Waals surface area (Å²) in [4.78, 5) is 12.8. The highest BCUT2D eigenvalue weighted by Crippen LogP contribution is 2.26. The Bertz CT molecular complexity index is 1060. The summed E-state index contributed by atoms with van der Waals surface area (Å²) in [6.07, 6.45) is 2.08. The lowest BCUT2D eigenvalue weighted by atomic mass is 9.96. The summed E-state index contributed by atoms with van der Waals surface area (Å²) in [5, 5.41) is 8.77. The summed E-state index contributed by atoms with van der Waals surface area (Å²) in [5.41, 5.74) is 5.47. The molecule has 0 heterocycles. The molecule has 5 nitrogen and oxygen atoms in total. The van der Waals surface area contributed by atoms with Crippen molar-refractivity contribution in [3.8, 4) is 11.5 Å². The Morgan fingerprint density at radius 2 is 1.62 bits per heavy atom. The molecular formula is C27H29NO4. The van der Waals surface area contributed by atoms with Crippen LogP contribution in [0.1, 0.15) is 22.3 Å². The number of benzene rings is 3. The van der Waals surface area contributed by atoms with Gasteiger partial charge in [0, 0.05) is 6.54 Å². The second kappa shape index (κ2) is 11.2. The minimum Gasteiger partial charge on any atom is -0.489 e. The van der Waals surface area contributed by atoms with Crippen molar-refractivity contribution in [2.24, 2.45) is 0 Å². The van der Waals surface area contributed by atoms with E-state index in [4.69, 9.17) is 14.6 Å². The number of ether oxygens (including phenoxy) is 2. The number of carboxylic acid groups (broad SMARTS) is 1. The zero-order valence-electron chi connectivity index (χ0n) is 18.7. The number of nitrogens with zero attached hydrogens (tertiary/aromatic N) is 1. The molecule has 3 rings (SSSR count). The molecule has 32 heavy (non-hydrogen) atoms. The molecule has 0 spiro atoms. The fourth-order valence-corrected chi connectivity index (χ4v) is 3.41. The van der Waals surface area contributed by atoms with Gasteiger partial charge in [-0.2, -0.15) is 0 Å². The number of aliphatic carboxylic acids is 1. The fraction of sp³-hybridized carbons (Fsp3) is 0.222. The zero-order chi connectivity index (χ0) is 22.9. The first-order chi connectivity index (χ1) is 15.4. The van der Waals surface area contributed by atoms with Gasteiger partial charge in [-0.05, 0) is 73.1 Å². The lowest BCUT2D eigenvalue weighted by Gasteiger charge is -2.13. The molecule has 0 aliphatic heterocycles. The smallest absolute Gasteiger partial charge is 0.341 e. The minimum absolute atomic E-state index is 0.364. The molecule has 0 saturated heterocycles. The highest BCUT2D eigenvalue weighted by molar-refractivity contribution is 5.79. The van der Waals surface area contributed by atoms with Crippen molar-refractivity contribution >= 4 is 11.5 Å². The summed E-state index contributed by atoms with van der Waals surface area (Å²) in [6, 6.07) is 24.3. The third-order valence-electron chi connectivity index (χ3n) is 4.88. The summed E-state index contributed by atoms with van der Waals surface area (Å²) >= 11 is 0. The lowest BCUT2D eigenvalue weighted by molar-refractivity contribution is -0.139. The van der Waals surface area contributed by atoms with E-state index in [0.717, 1.165) is 28.8 Å². The monoisotopic (exact) mass is 431 g/mol. The molecule has 0 fully saturated rings. The van der Waals surface area contributed by atoms with Crippen LogP contribution in [0.4, 0.5) is 0 Å². The topological polar surface area (TPSA) is 59.0 Å². The van der Waals surface area contributed by atoms with Gasteiger partial charge >= 0.3 is 5.97 Å². The number of carboxylic acids is 1. The predicted molar refractivity (Wildman–Crippen MR) is 127 cm³/mol. The maximum absolute atomic E-state index is 10.7. The third-order valence-corrected chi connectivity index (χ3v) is 4.88. The van der Waals surface area contributed by atoms with Gasteiger partial charge < -0.3 is 19.5 Å². The molecule has 0 amide bonds. The largest absolute Gasteiger partial charge is 0.489 e. The van der Waals surface area contributed by atoms with Gasteiger partial charge in [-0.15, -0.1) is 0 Å². The second-order valence-corrected chi connectivity index (χ2v) is 7.84. The number of hydrogen-bond donors (Lipinski definition) is 1. The lowest BCUT2D eigenvalue weighted by Crippen LogP contribution is -2.10. The molecule has 0 unspecified atom stereocenters. The molecule has 0 aliphatic rings. The van der Waals surface area contributed by atoms with Crippen molar-refractivity contribution in [2.45, 2.75) is 13.5 Å². The van der Waals surface area contributed by atoms with Crippen LogP contribution in [-0.2, 0) is 11.3 Å². The third kappa shape index (κ3) is 6.72. The van der Waals surface area contributed by atoms with Crippen LogP contribution < -0.4 is 9.47 Å². The molecule has 0 radical (unpaired) electrons. The van der Waals surface area contributed by atoms with Crippen molar-refractivity contribution in [1.82, 2.24) is 4.90 Å². The van der Waals surface area contributed by atoms with Crippen molar-refractivity contribution in [3.05, 3.63) is 101 Å². The average Bonchev–Trinajstić information content (AvgIpc) is 2.77. The highest BCUT2D eigenvalue weighted by atomic mass is 16.5. The van der Waals surface area contributed by atoms with Crippen LogP contribution >= 0.6 is 0 Å². The number of carbonyl (C=O) groups is 1. The van der Waals surface area contributed by atoms with Crippen LogP contribution in [0.15, 0.2) is 78.9 Å². The van der Waals surface area contributed by atoms with Gasteiger partial charge in [0.05, 0.1) is 0 Å². The van der Waals surface area contributed by atoms with Crippen LogP contribution in [-0.4, -0.2) is 43.3 Å². The first-order valence-corrected chi connectivity index (χ1v) is 10.5. The molecule has 5 heteroatoms. The van der Waals surface area contributed by atoms with E-state index in [1.54, 1.807) is 12.1 Å². The Morgan fingerprint density at radius 3 is 2.25 bits per heavy atom. The standard InChI is InChI=1S/C27H29NO4/c1-20-17-24(13-14-26(20)32-19-27(29)30)31-16-15-25(22-7-5-4-6-8-22)23-11-9-21(10-12-23)18-28(2)3/h4-15,17H,16,18-19H2,1-3H3,(H,29,30)/b25-15+. The maximum Gasteiger partial charge on any atom is 0.341 e. The fourth-order valence-electron chi connectivity index (χ4n) is 3.41. The first kappa shape index (κ1) is 23.1. The molecule has 1 N–H and O–H groups in total. The Kier molecular flexibility index (Phi) is 8.06. The molecule has 0 saturated carbocycles. The predicted octanol–water partition coefficient (Wildman–Crippen LogP) is 5.03. The number of hydrogen-bond acceptors (Lipinski definition) is 4. The molecule has 0 aromatic heterocycles. The summed E-state index contributed by atoms with van der Waals surface area (Å²) in [7, 11) is 4.13. The Morgan fingerprint density at radius 1 is 0.938 bits per heavy atom. The van der Waals surface area contributed by atoms with E-state index in [1.807, 2.05) is 31.2 Å². The quantitative estimate of drug-likeness (QED) is 0.488. The van der Waals surface area contributed by atoms with Crippen molar-refractivity contribution in [3.63, 3.8) is 0 Å². The molecule has 0 bridgehead atoms. The zero-order valence-corrected chi connectivity index (χ0v) is 18.7. The van der Waals surface area contributed by atoms with Crippen LogP contribution in [0.5, 0.6) is 11.5 Å². The molecule has 0 aliphatic carbocycles. The Hall–Kier alpha value is -3.57. The molecule has 3 aromatic rings. The van der Waals surface area contributed by atoms with E-state index in [2.05, 4.69) is 61.5 Å². The van der Waals surface area contributed by atoms with Crippen molar-refractivity contribution in [1.29, 1.82) is 0 Å². The van der Waals surface area contributed by atoms with Crippen LogP contribution in [0, 0.1) is 6.92 Å². The van der Waals surface area contributed by atoms with E-state index < -0.39 is 5.97 Å². The molecular weight excluding hydrogens is 402 g/mol. The average molecular weight is 432 g/mol. The van der Waals surface area contributed by atoms with Crippen LogP contribution in [0.3, 0.4) is 0 Å². The number of aryl methyl sites for hydroxylation is 1. The van der Waals surface area contributed by atoms with Gasteiger partial charge in [-0.1, -0.05) is 54.6 Å². The Labute approximate surface area is 189 Å². The molecule has 3 aromatic carbocycles. The summed E-state index contributed by atoms with van der Waals surface area (Å²) in [5.74, 6) is 0.242. The van der Waals surface area contributed by atoms with E-state index >= 15 is 0 Å². The van der Waals surface area contributed by atoms with E-state index in [-0.39, 0.29) is 6.61 Å². The van der Waals surface area contributed by atoms with Gasteiger partial charge in [0.1, 0.15) is 18.1 Å². The molecule has 166 valence electrons.